The maximum absolute atomic E-state index is 13.5. The van der Waals surface area contributed by atoms with Crippen LogP contribution in [0, 0.1) is 23.4 Å². The summed E-state index contributed by atoms with van der Waals surface area (Å²) in [5, 5.41) is 3.09. The molecule has 1 aromatic carbocycles. The first-order valence-corrected chi connectivity index (χ1v) is 7.09. The second-order valence-electron chi connectivity index (χ2n) is 6.84. The zero-order valence-corrected chi connectivity index (χ0v) is 13.1. The summed E-state index contributed by atoms with van der Waals surface area (Å²) in [7, 11) is 1.73. The van der Waals surface area contributed by atoms with E-state index in [9.17, 15) is 13.2 Å². The Bertz CT molecular complexity index is 519. The van der Waals surface area contributed by atoms with E-state index in [0.717, 1.165) is 18.6 Å². The fourth-order valence-corrected chi connectivity index (χ4v) is 3.48. The van der Waals surface area contributed by atoms with E-state index >= 15 is 0 Å². The third-order valence-electron chi connectivity index (χ3n) is 4.22. The molecule has 2 rings (SSSR count). The van der Waals surface area contributed by atoms with E-state index in [1.54, 1.807) is 7.05 Å². The molecule has 1 heterocycles. The predicted molar refractivity (Wildman–Crippen MR) is 75.5 cm³/mol. The Labute approximate surface area is 123 Å². The van der Waals surface area contributed by atoms with Crippen molar-refractivity contribution < 1.29 is 17.9 Å². The van der Waals surface area contributed by atoms with Gasteiger partial charge in [-0.25, -0.2) is 13.2 Å². The highest BCUT2D eigenvalue weighted by molar-refractivity contribution is 5.25. The molecule has 2 unspecified atom stereocenters. The van der Waals surface area contributed by atoms with Crippen LogP contribution >= 0.6 is 0 Å². The Morgan fingerprint density at radius 2 is 1.67 bits per heavy atom. The van der Waals surface area contributed by atoms with Crippen molar-refractivity contribution >= 4 is 0 Å². The highest BCUT2D eigenvalue weighted by Gasteiger charge is 2.49. The van der Waals surface area contributed by atoms with Crippen molar-refractivity contribution in [1.82, 2.24) is 5.32 Å². The number of ether oxygens (including phenoxy) is 1. The molecule has 0 amide bonds. The maximum atomic E-state index is 13.5. The number of halogens is 3. The lowest BCUT2D eigenvalue weighted by Crippen LogP contribution is -2.37. The van der Waals surface area contributed by atoms with E-state index in [1.807, 2.05) is 27.7 Å². The van der Waals surface area contributed by atoms with E-state index in [0.29, 0.717) is 5.56 Å². The van der Waals surface area contributed by atoms with Crippen molar-refractivity contribution in [2.75, 3.05) is 7.05 Å². The standard InChI is InChI=1S/C16H22F3NO/c1-15(2)8-10(16(3,4)21-15)14(20-5)9-6-11(17)13(19)12(18)7-9/h6-7,10,14,20H,8H2,1-5H3. The van der Waals surface area contributed by atoms with Crippen LogP contribution in [0.3, 0.4) is 0 Å². The molecule has 1 saturated heterocycles. The quantitative estimate of drug-likeness (QED) is 0.853. The highest BCUT2D eigenvalue weighted by Crippen LogP contribution is 2.47. The molecular formula is C16H22F3NO. The molecule has 1 fully saturated rings. The molecule has 1 aliphatic heterocycles. The van der Waals surface area contributed by atoms with Crippen molar-refractivity contribution in [1.29, 1.82) is 0 Å². The van der Waals surface area contributed by atoms with Crippen LogP contribution in [0.4, 0.5) is 13.2 Å². The Morgan fingerprint density at radius 1 is 1.14 bits per heavy atom. The summed E-state index contributed by atoms with van der Waals surface area (Å²) in [5.41, 5.74) is -0.355. The van der Waals surface area contributed by atoms with E-state index < -0.39 is 23.1 Å². The van der Waals surface area contributed by atoms with Crippen molar-refractivity contribution in [3.8, 4) is 0 Å². The first-order chi connectivity index (χ1) is 9.57. The summed E-state index contributed by atoms with van der Waals surface area (Å²) >= 11 is 0. The molecule has 2 nitrogen and oxygen atoms in total. The first-order valence-electron chi connectivity index (χ1n) is 7.09. The molecule has 1 N–H and O–H groups in total. The molecule has 5 heteroatoms. The van der Waals surface area contributed by atoms with Crippen molar-refractivity contribution in [3.05, 3.63) is 35.1 Å². The zero-order valence-electron chi connectivity index (χ0n) is 13.1. The van der Waals surface area contributed by atoms with Gasteiger partial charge in [-0.3, -0.25) is 0 Å². The van der Waals surface area contributed by atoms with Gasteiger partial charge in [0.2, 0.25) is 0 Å². The molecule has 0 radical (unpaired) electrons. The van der Waals surface area contributed by atoms with Gasteiger partial charge >= 0.3 is 0 Å². The van der Waals surface area contributed by atoms with Gasteiger partial charge in [0.25, 0.3) is 0 Å². The Hall–Kier alpha value is -1.07. The number of rotatable bonds is 3. The Morgan fingerprint density at radius 3 is 2.05 bits per heavy atom. The maximum Gasteiger partial charge on any atom is 0.194 e. The third kappa shape index (κ3) is 3.09. The molecule has 0 bridgehead atoms. The Balaban J connectivity index is 2.41. The lowest BCUT2D eigenvalue weighted by Gasteiger charge is -2.33. The van der Waals surface area contributed by atoms with E-state index in [1.165, 1.54) is 0 Å². The van der Waals surface area contributed by atoms with Crippen LogP contribution in [0.15, 0.2) is 12.1 Å². The summed E-state index contributed by atoms with van der Waals surface area (Å²) in [6.07, 6.45) is 0.742. The van der Waals surface area contributed by atoms with Crippen LogP contribution in [-0.2, 0) is 4.74 Å². The molecule has 1 aliphatic rings. The lowest BCUT2D eigenvalue weighted by atomic mass is 9.79. The van der Waals surface area contributed by atoms with E-state index in [2.05, 4.69) is 5.32 Å². The van der Waals surface area contributed by atoms with Gasteiger partial charge in [-0.05, 0) is 58.9 Å². The number of hydrogen-bond acceptors (Lipinski definition) is 2. The minimum atomic E-state index is -1.43. The van der Waals surface area contributed by atoms with Crippen LogP contribution in [-0.4, -0.2) is 18.2 Å². The zero-order chi connectivity index (χ0) is 16.0. The van der Waals surface area contributed by atoms with Crippen molar-refractivity contribution in [2.24, 2.45) is 5.92 Å². The van der Waals surface area contributed by atoms with Gasteiger partial charge in [-0.1, -0.05) is 0 Å². The minimum absolute atomic E-state index is 0.0155. The lowest BCUT2D eigenvalue weighted by molar-refractivity contribution is -0.0777. The number of benzene rings is 1. The topological polar surface area (TPSA) is 21.3 Å². The van der Waals surface area contributed by atoms with E-state index in [-0.39, 0.29) is 17.6 Å². The van der Waals surface area contributed by atoms with Gasteiger partial charge in [0.05, 0.1) is 11.2 Å². The number of nitrogens with one attached hydrogen (secondary N) is 1. The van der Waals surface area contributed by atoms with Crippen LogP contribution in [0.25, 0.3) is 0 Å². The van der Waals surface area contributed by atoms with Crippen LogP contribution in [0.2, 0.25) is 0 Å². The molecule has 0 aromatic heterocycles. The SMILES string of the molecule is CNC(c1cc(F)c(F)c(F)c1)C1CC(C)(C)OC1(C)C. The molecule has 118 valence electrons. The van der Waals surface area contributed by atoms with Gasteiger partial charge in [-0.2, -0.15) is 0 Å². The minimum Gasteiger partial charge on any atom is -0.369 e. The Kier molecular flexibility index (Phi) is 4.10. The molecule has 0 saturated carbocycles. The highest BCUT2D eigenvalue weighted by atomic mass is 19.2. The monoisotopic (exact) mass is 301 g/mol. The van der Waals surface area contributed by atoms with Gasteiger partial charge in [0.15, 0.2) is 17.5 Å². The summed E-state index contributed by atoms with van der Waals surface area (Å²) in [5.74, 6) is -3.75. The van der Waals surface area contributed by atoms with Crippen LogP contribution in [0.1, 0.15) is 45.7 Å². The summed E-state index contributed by atoms with van der Waals surface area (Å²) < 4.78 is 46.2. The summed E-state index contributed by atoms with van der Waals surface area (Å²) in [6.45, 7) is 7.92. The summed E-state index contributed by atoms with van der Waals surface area (Å²) in [6, 6.07) is 1.80. The fraction of sp³-hybridized carbons (Fsp3) is 0.625. The van der Waals surface area contributed by atoms with Crippen molar-refractivity contribution in [3.63, 3.8) is 0 Å². The second kappa shape index (κ2) is 5.29. The summed E-state index contributed by atoms with van der Waals surface area (Å²) in [4.78, 5) is 0. The van der Waals surface area contributed by atoms with Gasteiger partial charge in [-0.15, -0.1) is 0 Å². The first kappa shape index (κ1) is 16.3. The van der Waals surface area contributed by atoms with Crippen molar-refractivity contribution in [2.45, 2.75) is 51.4 Å². The number of hydrogen-bond donors (Lipinski definition) is 1. The van der Waals surface area contributed by atoms with Crippen LogP contribution in [0.5, 0.6) is 0 Å². The molecular weight excluding hydrogens is 279 g/mol. The average molecular weight is 301 g/mol. The largest absolute Gasteiger partial charge is 0.369 e. The molecule has 1 aromatic rings. The fourth-order valence-electron chi connectivity index (χ4n) is 3.48. The predicted octanol–water partition coefficient (Wildman–Crippen LogP) is 3.96. The molecule has 2 atom stereocenters. The molecule has 0 aliphatic carbocycles. The smallest absolute Gasteiger partial charge is 0.194 e. The van der Waals surface area contributed by atoms with Gasteiger partial charge < -0.3 is 10.1 Å². The van der Waals surface area contributed by atoms with E-state index in [4.69, 9.17) is 4.74 Å². The molecule has 21 heavy (non-hydrogen) atoms. The van der Waals surface area contributed by atoms with Crippen LogP contribution < -0.4 is 5.32 Å². The second-order valence-corrected chi connectivity index (χ2v) is 6.84. The average Bonchev–Trinajstić information content (AvgIpc) is 2.55. The molecule has 0 spiro atoms. The van der Waals surface area contributed by atoms with Gasteiger partial charge in [0, 0.05) is 12.0 Å². The normalized spacial score (nSPS) is 25.0. The third-order valence-corrected chi connectivity index (χ3v) is 4.22. The van der Waals surface area contributed by atoms with Gasteiger partial charge in [0.1, 0.15) is 0 Å².